The SMILES string of the molecule is CC(C)(Cl)[S+]([O-])c1ccc(F)c(Br)c1. The molecule has 0 spiro atoms. The summed E-state index contributed by atoms with van der Waals surface area (Å²) in [7, 11) is 0. The van der Waals surface area contributed by atoms with Crippen molar-refractivity contribution < 1.29 is 8.94 Å². The topological polar surface area (TPSA) is 23.1 Å². The summed E-state index contributed by atoms with van der Waals surface area (Å²) >= 11 is 7.58. The van der Waals surface area contributed by atoms with Gasteiger partial charge in [0.15, 0.2) is 9.10 Å². The first-order chi connectivity index (χ1) is 6.32. The van der Waals surface area contributed by atoms with Crippen molar-refractivity contribution in [2.24, 2.45) is 0 Å². The Balaban J connectivity index is 3.03. The van der Waals surface area contributed by atoms with Crippen molar-refractivity contribution in [2.45, 2.75) is 22.9 Å². The first kappa shape index (κ1) is 12.3. The molecule has 0 bridgehead atoms. The summed E-state index contributed by atoms with van der Waals surface area (Å²) < 4.78 is 24.1. The van der Waals surface area contributed by atoms with E-state index in [-0.39, 0.29) is 5.82 Å². The van der Waals surface area contributed by atoms with Gasteiger partial charge in [-0.2, -0.15) is 0 Å². The van der Waals surface area contributed by atoms with Crippen LogP contribution < -0.4 is 0 Å². The number of rotatable bonds is 2. The van der Waals surface area contributed by atoms with E-state index < -0.39 is 15.4 Å². The minimum atomic E-state index is -1.35. The number of benzene rings is 1. The second-order valence-corrected chi connectivity index (χ2v) is 7.26. The van der Waals surface area contributed by atoms with Crippen LogP contribution >= 0.6 is 27.5 Å². The van der Waals surface area contributed by atoms with Gasteiger partial charge in [-0.25, -0.2) is 4.39 Å². The first-order valence-corrected chi connectivity index (χ1v) is 6.20. The maximum atomic E-state index is 12.9. The Bertz CT molecular complexity index is 340. The average molecular weight is 300 g/mol. The summed E-state index contributed by atoms with van der Waals surface area (Å²) in [5.41, 5.74) is 0. The highest BCUT2D eigenvalue weighted by molar-refractivity contribution is 9.10. The Morgan fingerprint density at radius 3 is 2.50 bits per heavy atom. The van der Waals surface area contributed by atoms with Crippen molar-refractivity contribution in [2.75, 3.05) is 0 Å². The Kier molecular flexibility index (Phi) is 3.86. The molecular weight excluding hydrogens is 291 g/mol. The molecule has 0 radical (unpaired) electrons. The third-order valence-electron chi connectivity index (χ3n) is 1.55. The van der Waals surface area contributed by atoms with Gasteiger partial charge in [0.25, 0.3) is 0 Å². The molecule has 0 aliphatic rings. The van der Waals surface area contributed by atoms with Crippen LogP contribution in [0.3, 0.4) is 0 Å². The van der Waals surface area contributed by atoms with Crippen LogP contribution in [0.1, 0.15) is 13.8 Å². The van der Waals surface area contributed by atoms with Crippen molar-refractivity contribution in [1.29, 1.82) is 0 Å². The highest BCUT2D eigenvalue weighted by Gasteiger charge is 2.31. The van der Waals surface area contributed by atoms with E-state index in [9.17, 15) is 8.94 Å². The molecule has 0 N–H and O–H groups in total. The summed E-state index contributed by atoms with van der Waals surface area (Å²) in [5, 5.41) is 0. The van der Waals surface area contributed by atoms with E-state index in [2.05, 4.69) is 15.9 Å². The third kappa shape index (κ3) is 2.86. The monoisotopic (exact) mass is 298 g/mol. The third-order valence-corrected chi connectivity index (χ3v) is 4.14. The molecule has 0 amide bonds. The molecular formula is C9H9BrClFOS. The summed E-state index contributed by atoms with van der Waals surface area (Å²) in [6.45, 7) is 3.31. The largest absolute Gasteiger partial charge is 0.610 e. The quantitative estimate of drug-likeness (QED) is 0.603. The van der Waals surface area contributed by atoms with Crippen LogP contribution in [-0.2, 0) is 11.2 Å². The summed E-state index contributed by atoms with van der Waals surface area (Å²) in [5.74, 6) is -0.377. The highest BCUT2D eigenvalue weighted by Crippen LogP contribution is 2.30. The zero-order valence-corrected chi connectivity index (χ0v) is 10.8. The number of alkyl halides is 1. The van der Waals surface area contributed by atoms with Crippen LogP contribution in [0.25, 0.3) is 0 Å². The highest BCUT2D eigenvalue weighted by atomic mass is 79.9. The van der Waals surface area contributed by atoms with Gasteiger partial charge in [0, 0.05) is 31.1 Å². The standard InChI is InChI=1S/C9H9BrClFOS/c1-9(2,11)14(13)6-3-4-8(12)7(10)5-6/h3-5H,1-2H3. The maximum Gasteiger partial charge on any atom is 0.198 e. The molecule has 5 heteroatoms. The number of hydrogen-bond acceptors (Lipinski definition) is 1. The molecule has 78 valence electrons. The Morgan fingerprint density at radius 2 is 2.07 bits per heavy atom. The van der Waals surface area contributed by atoms with Gasteiger partial charge in [-0.1, -0.05) is 11.6 Å². The van der Waals surface area contributed by atoms with Crippen LogP contribution in [0.15, 0.2) is 27.6 Å². The van der Waals surface area contributed by atoms with Gasteiger partial charge < -0.3 is 4.55 Å². The molecule has 0 aliphatic heterocycles. The number of halogens is 3. The van der Waals surface area contributed by atoms with E-state index in [0.29, 0.717) is 9.37 Å². The molecule has 0 saturated carbocycles. The van der Waals surface area contributed by atoms with Crippen molar-refractivity contribution in [1.82, 2.24) is 0 Å². The Labute approximate surface area is 99.0 Å². The summed E-state index contributed by atoms with van der Waals surface area (Å²) in [6, 6.07) is 4.22. The van der Waals surface area contributed by atoms with Gasteiger partial charge in [-0.3, -0.25) is 0 Å². The predicted octanol–water partition coefficient (Wildman–Crippen LogP) is 3.67. The minimum absolute atomic E-state index is 0.296. The van der Waals surface area contributed by atoms with Crippen LogP contribution in [0.4, 0.5) is 4.39 Å². The second-order valence-electron chi connectivity index (χ2n) is 3.21. The van der Waals surface area contributed by atoms with Crippen LogP contribution in [0.2, 0.25) is 0 Å². The van der Waals surface area contributed by atoms with Gasteiger partial charge in [-0.15, -0.1) is 0 Å². The molecule has 1 nitrogen and oxygen atoms in total. The lowest BCUT2D eigenvalue weighted by molar-refractivity contribution is 0.578. The minimum Gasteiger partial charge on any atom is -0.610 e. The lowest BCUT2D eigenvalue weighted by Crippen LogP contribution is -2.25. The summed E-state index contributed by atoms with van der Waals surface area (Å²) in [4.78, 5) is 0.512. The number of hydrogen-bond donors (Lipinski definition) is 0. The van der Waals surface area contributed by atoms with E-state index in [1.807, 2.05) is 0 Å². The lowest BCUT2D eigenvalue weighted by Gasteiger charge is -2.21. The van der Waals surface area contributed by atoms with Crippen molar-refractivity contribution >= 4 is 38.7 Å². The fraction of sp³-hybridized carbons (Fsp3) is 0.333. The van der Waals surface area contributed by atoms with Crippen molar-refractivity contribution in [3.8, 4) is 0 Å². The molecule has 14 heavy (non-hydrogen) atoms. The van der Waals surface area contributed by atoms with Crippen LogP contribution in [0.5, 0.6) is 0 Å². The van der Waals surface area contributed by atoms with E-state index >= 15 is 0 Å². The smallest absolute Gasteiger partial charge is 0.198 e. The Hall–Kier alpha value is 0.230. The van der Waals surface area contributed by atoms with Gasteiger partial charge >= 0.3 is 0 Å². The molecule has 0 heterocycles. The van der Waals surface area contributed by atoms with Gasteiger partial charge in [-0.05, 0) is 28.1 Å². The first-order valence-electron chi connectivity index (χ1n) is 3.88. The second kappa shape index (κ2) is 4.39. The predicted molar refractivity (Wildman–Crippen MR) is 60.4 cm³/mol. The van der Waals surface area contributed by atoms with E-state index in [1.165, 1.54) is 18.2 Å². The zero-order chi connectivity index (χ0) is 10.9. The van der Waals surface area contributed by atoms with E-state index in [1.54, 1.807) is 13.8 Å². The van der Waals surface area contributed by atoms with Crippen LogP contribution in [-0.4, -0.2) is 8.76 Å². The summed E-state index contributed by atoms with van der Waals surface area (Å²) in [6.07, 6.45) is 0. The van der Waals surface area contributed by atoms with E-state index in [4.69, 9.17) is 11.6 Å². The zero-order valence-electron chi connectivity index (χ0n) is 7.68. The van der Waals surface area contributed by atoms with E-state index in [0.717, 1.165) is 0 Å². The fourth-order valence-electron chi connectivity index (χ4n) is 0.872. The van der Waals surface area contributed by atoms with Gasteiger partial charge in [0.1, 0.15) is 5.82 Å². The molecule has 0 aliphatic carbocycles. The van der Waals surface area contributed by atoms with Crippen molar-refractivity contribution in [3.63, 3.8) is 0 Å². The molecule has 1 aromatic rings. The van der Waals surface area contributed by atoms with Crippen molar-refractivity contribution in [3.05, 3.63) is 28.5 Å². The molecule has 0 fully saturated rings. The fourth-order valence-corrected chi connectivity index (χ4v) is 2.65. The molecule has 1 unspecified atom stereocenters. The molecule has 1 aromatic carbocycles. The average Bonchev–Trinajstić information content (AvgIpc) is 2.07. The molecule has 1 rings (SSSR count). The molecule has 0 saturated heterocycles. The lowest BCUT2D eigenvalue weighted by atomic mass is 10.3. The maximum absolute atomic E-state index is 12.9. The normalized spacial score (nSPS) is 14.1. The molecule has 0 aromatic heterocycles. The Morgan fingerprint density at radius 1 is 1.50 bits per heavy atom. The van der Waals surface area contributed by atoms with Gasteiger partial charge in [0.05, 0.1) is 4.47 Å². The van der Waals surface area contributed by atoms with Crippen LogP contribution in [0, 0.1) is 5.82 Å². The van der Waals surface area contributed by atoms with Gasteiger partial charge in [0.2, 0.25) is 0 Å². The molecule has 1 atom stereocenters.